The van der Waals surface area contributed by atoms with Crippen LogP contribution in [-0.2, 0) is 4.79 Å². The van der Waals surface area contributed by atoms with Gasteiger partial charge in [0, 0.05) is 13.0 Å². The monoisotopic (exact) mass is 240 g/mol. The first kappa shape index (κ1) is 14.5. The Morgan fingerprint density at radius 2 is 2.18 bits per heavy atom. The van der Waals surface area contributed by atoms with Crippen LogP contribution in [0, 0.1) is 17.8 Å². The third-order valence-corrected chi connectivity index (χ3v) is 3.91. The maximum Gasteiger partial charge on any atom is 0.220 e. The Balaban J connectivity index is 2.05. The largest absolute Gasteiger partial charge is 0.356 e. The van der Waals surface area contributed by atoms with Crippen LogP contribution in [0.2, 0.25) is 0 Å². The summed E-state index contributed by atoms with van der Waals surface area (Å²) in [6.07, 6.45) is 6.53. The molecule has 0 saturated heterocycles. The molecule has 0 aromatic heterocycles. The predicted molar refractivity (Wildman–Crippen MR) is 71.6 cm³/mol. The Labute approximate surface area is 106 Å². The highest BCUT2D eigenvalue weighted by molar-refractivity contribution is 5.75. The third kappa shape index (κ3) is 6.06. The number of carbonyl (C=O) groups is 1. The first-order valence-corrected chi connectivity index (χ1v) is 7.08. The van der Waals surface area contributed by atoms with Gasteiger partial charge in [-0.25, -0.2) is 0 Å². The van der Waals surface area contributed by atoms with E-state index in [9.17, 15) is 4.79 Å². The van der Waals surface area contributed by atoms with Crippen LogP contribution in [0.4, 0.5) is 0 Å². The van der Waals surface area contributed by atoms with Crippen LogP contribution in [0.25, 0.3) is 0 Å². The average molecular weight is 240 g/mol. The number of hydrogen-bond acceptors (Lipinski definition) is 2. The van der Waals surface area contributed by atoms with Gasteiger partial charge in [0.25, 0.3) is 0 Å². The minimum absolute atomic E-state index is 0.216. The van der Waals surface area contributed by atoms with Gasteiger partial charge < -0.3 is 11.1 Å². The van der Waals surface area contributed by atoms with Crippen molar-refractivity contribution < 1.29 is 4.79 Å². The van der Waals surface area contributed by atoms with Crippen molar-refractivity contribution in [2.75, 3.05) is 13.1 Å². The molecule has 1 aliphatic carbocycles. The lowest BCUT2D eigenvalue weighted by molar-refractivity contribution is -0.121. The highest BCUT2D eigenvalue weighted by Crippen LogP contribution is 2.29. The lowest BCUT2D eigenvalue weighted by Crippen LogP contribution is -2.28. The molecule has 0 bridgehead atoms. The molecule has 100 valence electrons. The molecule has 0 aromatic carbocycles. The number of nitrogens with one attached hydrogen (secondary N) is 1. The van der Waals surface area contributed by atoms with Crippen molar-refractivity contribution in [3.63, 3.8) is 0 Å². The molecule has 3 atom stereocenters. The average Bonchev–Trinajstić information content (AvgIpc) is 2.70. The minimum atomic E-state index is 0.216. The third-order valence-electron chi connectivity index (χ3n) is 3.91. The molecule has 0 aromatic rings. The molecular formula is C14H28N2O. The summed E-state index contributed by atoms with van der Waals surface area (Å²) in [4.78, 5) is 11.6. The summed E-state index contributed by atoms with van der Waals surface area (Å²) in [6, 6.07) is 0. The van der Waals surface area contributed by atoms with E-state index in [0.29, 0.717) is 12.3 Å². The van der Waals surface area contributed by atoms with Crippen LogP contribution in [0.15, 0.2) is 0 Å². The molecule has 1 fully saturated rings. The smallest absolute Gasteiger partial charge is 0.220 e. The van der Waals surface area contributed by atoms with Gasteiger partial charge in [-0.15, -0.1) is 0 Å². The van der Waals surface area contributed by atoms with Gasteiger partial charge in [0.05, 0.1) is 0 Å². The molecule has 1 amide bonds. The minimum Gasteiger partial charge on any atom is -0.356 e. The highest BCUT2D eigenvalue weighted by Gasteiger charge is 2.21. The number of amides is 1. The molecule has 0 radical (unpaired) electrons. The number of nitrogens with two attached hydrogens (primary N) is 1. The summed E-state index contributed by atoms with van der Waals surface area (Å²) in [7, 11) is 0. The molecule has 1 aliphatic rings. The second kappa shape index (κ2) is 7.70. The predicted octanol–water partition coefficient (Wildman–Crippen LogP) is 2.30. The van der Waals surface area contributed by atoms with E-state index >= 15 is 0 Å². The highest BCUT2D eigenvalue weighted by atomic mass is 16.1. The van der Waals surface area contributed by atoms with Crippen LogP contribution in [0.3, 0.4) is 0 Å². The normalized spacial score (nSPS) is 25.8. The van der Waals surface area contributed by atoms with Crippen LogP contribution >= 0.6 is 0 Å². The molecule has 0 spiro atoms. The van der Waals surface area contributed by atoms with Gasteiger partial charge in [0.2, 0.25) is 5.91 Å². The lowest BCUT2D eigenvalue weighted by atomic mass is 10.0. The Hall–Kier alpha value is -0.570. The maximum atomic E-state index is 11.6. The van der Waals surface area contributed by atoms with Gasteiger partial charge >= 0.3 is 0 Å². The van der Waals surface area contributed by atoms with Crippen LogP contribution in [0.5, 0.6) is 0 Å². The van der Waals surface area contributed by atoms with Crippen molar-refractivity contribution in [1.82, 2.24) is 5.32 Å². The summed E-state index contributed by atoms with van der Waals surface area (Å²) >= 11 is 0. The molecule has 1 saturated carbocycles. The van der Waals surface area contributed by atoms with E-state index in [1.54, 1.807) is 0 Å². The van der Waals surface area contributed by atoms with Gasteiger partial charge in [-0.2, -0.15) is 0 Å². The molecule has 3 nitrogen and oxygen atoms in total. The Bertz CT molecular complexity index is 230. The van der Waals surface area contributed by atoms with E-state index in [0.717, 1.165) is 37.8 Å². The zero-order chi connectivity index (χ0) is 12.7. The van der Waals surface area contributed by atoms with Crippen molar-refractivity contribution in [1.29, 1.82) is 0 Å². The Morgan fingerprint density at radius 3 is 2.76 bits per heavy atom. The number of rotatable bonds is 7. The fourth-order valence-electron chi connectivity index (χ4n) is 2.66. The second-order valence-electron chi connectivity index (χ2n) is 5.81. The number of carbonyl (C=O) groups excluding carboxylic acids is 1. The number of hydrogen-bond donors (Lipinski definition) is 2. The van der Waals surface area contributed by atoms with E-state index in [1.807, 2.05) is 0 Å². The van der Waals surface area contributed by atoms with E-state index in [-0.39, 0.29) is 5.91 Å². The van der Waals surface area contributed by atoms with Gasteiger partial charge in [-0.05, 0) is 50.0 Å². The van der Waals surface area contributed by atoms with Gasteiger partial charge in [-0.1, -0.05) is 20.3 Å². The SMILES string of the molecule is CC(CCN)CCC(=O)NCC1CCC(C)C1. The molecule has 3 N–H and O–H groups in total. The summed E-state index contributed by atoms with van der Waals surface area (Å²) in [5, 5.41) is 3.07. The summed E-state index contributed by atoms with van der Waals surface area (Å²) in [6.45, 7) is 6.08. The molecule has 3 heteroatoms. The van der Waals surface area contributed by atoms with Crippen LogP contribution < -0.4 is 11.1 Å². The van der Waals surface area contributed by atoms with E-state index < -0.39 is 0 Å². The van der Waals surface area contributed by atoms with Gasteiger partial charge in [0.1, 0.15) is 0 Å². The van der Waals surface area contributed by atoms with Gasteiger partial charge in [-0.3, -0.25) is 4.79 Å². The van der Waals surface area contributed by atoms with Crippen LogP contribution in [0.1, 0.15) is 52.4 Å². The maximum absolute atomic E-state index is 11.6. The topological polar surface area (TPSA) is 55.1 Å². The van der Waals surface area contributed by atoms with Crippen LogP contribution in [-0.4, -0.2) is 19.0 Å². The fraction of sp³-hybridized carbons (Fsp3) is 0.929. The Morgan fingerprint density at radius 1 is 1.41 bits per heavy atom. The molecular weight excluding hydrogens is 212 g/mol. The van der Waals surface area contributed by atoms with Crippen molar-refractivity contribution in [3.05, 3.63) is 0 Å². The van der Waals surface area contributed by atoms with Crippen molar-refractivity contribution in [2.24, 2.45) is 23.5 Å². The fourth-order valence-corrected chi connectivity index (χ4v) is 2.66. The van der Waals surface area contributed by atoms with E-state index in [4.69, 9.17) is 5.73 Å². The molecule has 0 heterocycles. The molecule has 17 heavy (non-hydrogen) atoms. The zero-order valence-electron chi connectivity index (χ0n) is 11.4. The first-order chi connectivity index (χ1) is 8.11. The summed E-state index contributed by atoms with van der Waals surface area (Å²) in [5.41, 5.74) is 5.49. The van der Waals surface area contributed by atoms with Crippen molar-refractivity contribution in [2.45, 2.75) is 52.4 Å². The zero-order valence-corrected chi connectivity index (χ0v) is 11.4. The van der Waals surface area contributed by atoms with Crippen molar-refractivity contribution >= 4 is 5.91 Å². The Kier molecular flexibility index (Phi) is 6.56. The van der Waals surface area contributed by atoms with Crippen molar-refractivity contribution in [3.8, 4) is 0 Å². The second-order valence-corrected chi connectivity index (χ2v) is 5.81. The standard InChI is InChI=1S/C14H28N2O/c1-11(7-8-15)4-6-14(17)16-10-13-5-3-12(2)9-13/h11-13H,3-10,15H2,1-2H3,(H,16,17). The summed E-state index contributed by atoms with van der Waals surface area (Å²) < 4.78 is 0. The van der Waals surface area contributed by atoms with E-state index in [1.165, 1.54) is 19.3 Å². The van der Waals surface area contributed by atoms with Gasteiger partial charge in [0.15, 0.2) is 0 Å². The molecule has 3 unspecified atom stereocenters. The quantitative estimate of drug-likeness (QED) is 0.717. The molecule has 0 aliphatic heterocycles. The molecule has 1 rings (SSSR count). The van der Waals surface area contributed by atoms with E-state index in [2.05, 4.69) is 19.2 Å². The summed E-state index contributed by atoms with van der Waals surface area (Å²) in [5.74, 6) is 2.35. The lowest BCUT2D eigenvalue weighted by Gasteiger charge is -2.13. The first-order valence-electron chi connectivity index (χ1n) is 7.08.